The van der Waals surface area contributed by atoms with Crippen LogP contribution in [-0.2, 0) is 0 Å². The average Bonchev–Trinajstić information content (AvgIpc) is 3.24. The van der Waals surface area contributed by atoms with Gasteiger partial charge in [-0.3, -0.25) is 5.10 Å². The van der Waals surface area contributed by atoms with Gasteiger partial charge in [-0.05, 0) is 25.0 Å². The van der Waals surface area contributed by atoms with Gasteiger partial charge in [-0.15, -0.1) is 0 Å². The summed E-state index contributed by atoms with van der Waals surface area (Å²) in [6, 6.07) is 3.67. The Bertz CT molecular complexity index is 1050. The van der Waals surface area contributed by atoms with Gasteiger partial charge in [0.15, 0.2) is 17.5 Å². The number of hydrogen-bond acceptors (Lipinski definition) is 4. The molecule has 5 nitrogen and oxygen atoms in total. The number of nitrogens with one attached hydrogen (secondary N) is 1. The normalized spacial score (nSPS) is 18.5. The molecule has 27 heavy (non-hydrogen) atoms. The van der Waals surface area contributed by atoms with E-state index < -0.39 is 17.5 Å². The van der Waals surface area contributed by atoms with Crippen molar-refractivity contribution in [2.75, 3.05) is 29.4 Å². The highest BCUT2D eigenvalue weighted by Gasteiger charge is 2.53. The number of aromatic nitrogens is 3. The first-order valence-electron chi connectivity index (χ1n) is 8.64. The minimum Gasteiger partial charge on any atom is -0.350 e. The van der Waals surface area contributed by atoms with Crippen LogP contribution in [0.4, 0.5) is 24.8 Å². The van der Waals surface area contributed by atoms with Crippen LogP contribution in [0.3, 0.4) is 0 Å². The second-order valence-corrected chi connectivity index (χ2v) is 7.49. The first-order chi connectivity index (χ1) is 13.0. The Balaban J connectivity index is 1.50. The summed E-state index contributed by atoms with van der Waals surface area (Å²) in [5, 5.41) is 8.05. The first-order valence-corrected chi connectivity index (χ1v) is 9.02. The van der Waals surface area contributed by atoms with Crippen molar-refractivity contribution in [1.82, 2.24) is 15.2 Å². The molecule has 9 heteroatoms. The molecule has 1 spiro atoms. The molecule has 1 aromatic carbocycles. The fourth-order valence-electron chi connectivity index (χ4n) is 3.94. The standard InChI is InChI=1S/C18H15ClF3N5/c19-11-1-2-12(21)15-14(11)17(25-24-15)27-6-5-26(9-18(27)3-4-18)16-13(22)7-10(20)8-23-16/h1-2,7-8H,3-6,9H2,(H,24,25). The van der Waals surface area contributed by atoms with Gasteiger partial charge < -0.3 is 9.80 Å². The first kappa shape index (κ1) is 16.7. The van der Waals surface area contributed by atoms with Crippen LogP contribution in [0, 0.1) is 17.5 Å². The van der Waals surface area contributed by atoms with E-state index in [2.05, 4.69) is 20.1 Å². The van der Waals surface area contributed by atoms with E-state index in [0.717, 1.165) is 25.1 Å². The van der Waals surface area contributed by atoms with Crippen LogP contribution in [0.2, 0.25) is 5.02 Å². The Morgan fingerprint density at radius 1 is 1.07 bits per heavy atom. The Kier molecular flexibility index (Phi) is 3.56. The number of aromatic amines is 1. The van der Waals surface area contributed by atoms with Gasteiger partial charge in [-0.2, -0.15) is 5.10 Å². The zero-order valence-electron chi connectivity index (χ0n) is 14.1. The summed E-state index contributed by atoms with van der Waals surface area (Å²) < 4.78 is 41.4. The van der Waals surface area contributed by atoms with Crippen LogP contribution in [-0.4, -0.2) is 40.4 Å². The number of benzene rings is 1. The average molecular weight is 394 g/mol. The lowest BCUT2D eigenvalue weighted by Crippen LogP contribution is -2.56. The van der Waals surface area contributed by atoms with E-state index in [1.807, 2.05) is 4.90 Å². The molecule has 0 bridgehead atoms. The maximum Gasteiger partial charge on any atom is 0.168 e. The summed E-state index contributed by atoms with van der Waals surface area (Å²) in [7, 11) is 0. The third kappa shape index (κ3) is 2.54. The largest absolute Gasteiger partial charge is 0.350 e. The second-order valence-electron chi connectivity index (χ2n) is 7.08. The number of piperazine rings is 1. The third-order valence-corrected chi connectivity index (χ3v) is 5.74. The van der Waals surface area contributed by atoms with Gasteiger partial charge in [-0.1, -0.05) is 11.6 Å². The number of rotatable bonds is 2. The molecule has 1 aliphatic heterocycles. The quantitative estimate of drug-likeness (QED) is 0.717. The highest BCUT2D eigenvalue weighted by molar-refractivity contribution is 6.36. The van der Waals surface area contributed by atoms with Gasteiger partial charge in [0.05, 0.1) is 22.1 Å². The Labute approximate surface area is 157 Å². The molecule has 0 atom stereocenters. The van der Waals surface area contributed by atoms with Crippen molar-refractivity contribution in [1.29, 1.82) is 0 Å². The molecule has 0 unspecified atom stereocenters. The number of hydrogen-bond donors (Lipinski definition) is 1. The molecule has 1 N–H and O–H groups in total. The maximum atomic E-state index is 14.1. The number of anilines is 2. The predicted molar refractivity (Wildman–Crippen MR) is 96.7 cm³/mol. The summed E-state index contributed by atoms with van der Waals surface area (Å²) >= 11 is 6.31. The molecule has 1 aliphatic carbocycles. The van der Waals surface area contributed by atoms with Crippen molar-refractivity contribution in [2.24, 2.45) is 0 Å². The highest BCUT2D eigenvalue weighted by atomic mass is 35.5. The van der Waals surface area contributed by atoms with Gasteiger partial charge >= 0.3 is 0 Å². The van der Waals surface area contributed by atoms with E-state index in [-0.39, 0.29) is 16.9 Å². The van der Waals surface area contributed by atoms with E-state index in [1.54, 1.807) is 0 Å². The maximum absolute atomic E-state index is 14.1. The number of H-pyrrole nitrogens is 1. The van der Waals surface area contributed by atoms with Gasteiger partial charge in [0.2, 0.25) is 0 Å². The smallest absolute Gasteiger partial charge is 0.168 e. The minimum atomic E-state index is -0.698. The Hall–Kier alpha value is -2.48. The lowest BCUT2D eigenvalue weighted by atomic mass is 10.1. The van der Waals surface area contributed by atoms with Crippen LogP contribution in [0.5, 0.6) is 0 Å². The molecular weight excluding hydrogens is 379 g/mol. The number of nitrogens with zero attached hydrogens (tertiary/aromatic N) is 4. The Morgan fingerprint density at radius 2 is 1.89 bits per heavy atom. The lowest BCUT2D eigenvalue weighted by Gasteiger charge is -2.43. The van der Waals surface area contributed by atoms with Gasteiger partial charge in [-0.25, -0.2) is 18.2 Å². The molecule has 1 saturated carbocycles. The van der Waals surface area contributed by atoms with Crippen molar-refractivity contribution in [3.63, 3.8) is 0 Å². The van der Waals surface area contributed by atoms with Crippen LogP contribution in [0.25, 0.3) is 10.9 Å². The zero-order chi connectivity index (χ0) is 18.8. The number of halogens is 4. The van der Waals surface area contributed by atoms with Crippen LogP contribution in [0.1, 0.15) is 12.8 Å². The molecule has 2 aliphatic rings. The molecule has 3 aromatic rings. The molecule has 2 fully saturated rings. The van der Waals surface area contributed by atoms with Crippen molar-refractivity contribution >= 4 is 34.1 Å². The molecule has 1 saturated heterocycles. The molecule has 0 radical (unpaired) electrons. The predicted octanol–water partition coefficient (Wildman–Crippen LogP) is 3.89. The van der Waals surface area contributed by atoms with Crippen LogP contribution >= 0.6 is 11.6 Å². The summed E-state index contributed by atoms with van der Waals surface area (Å²) in [5.41, 5.74) is 0.0420. The molecule has 2 aromatic heterocycles. The molecule has 3 heterocycles. The number of fused-ring (bicyclic) bond motifs is 1. The van der Waals surface area contributed by atoms with Crippen LogP contribution in [0.15, 0.2) is 24.4 Å². The topological polar surface area (TPSA) is 48.1 Å². The van der Waals surface area contributed by atoms with E-state index in [1.165, 1.54) is 12.1 Å². The van der Waals surface area contributed by atoms with Crippen molar-refractivity contribution in [2.45, 2.75) is 18.4 Å². The van der Waals surface area contributed by atoms with Crippen molar-refractivity contribution in [3.05, 3.63) is 46.9 Å². The highest BCUT2D eigenvalue weighted by Crippen LogP contribution is 2.48. The molecule has 140 valence electrons. The number of pyridine rings is 1. The monoisotopic (exact) mass is 393 g/mol. The third-order valence-electron chi connectivity index (χ3n) is 5.42. The van der Waals surface area contributed by atoms with Crippen molar-refractivity contribution < 1.29 is 13.2 Å². The fraction of sp³-hybridized carbons (Fsp3) is 0.333. The van der Waals surface area contributed by atoms with Gasteiger partial charge in [0, 0.05) is 25.7 Å². The van der Waals surface area contributed by atoms with Gasteiger partial charge in [0.1, 0.15) is 17.2 Å². The second kappa shape index (κ2) is 5.76. The summed E-state index contributed by atoms with van der Waals surface area (Å²) in [6.45, 7) is 1.56. The molecular formula is C18H15ClF3N5. The minimum absolute atomic E-state index is 0.151. The van der Waals surface area contributed by atoms with Crippen LogP contribution < -0.4 is 9.80 Å². The summed E-state index contributed by atoms with van der Waals surface area (Å²) in [4.78, 5) is 7.87. The summed E-state index contributed by atoms with van der Waals surface area (Å²) in [5.74, 6) is -1.02. The van der Waals surface area contributed by atoms with E-state index in [9.17, 15) is 13.2 Å². The zero-order valence-corrected chi connectivity index (χ0v) is 14.9. The lowest BCUT2D eigenvalue weighted by molar-refractivity contribution is 0.490. The van der Waals surface area contributed by atoms with E-state index >= 15 is 0 Å². The fourth-order valence-corrected chi connectivity index (χ4v) is 4.18. The van der Waals surface area contributed by atoms with E-state index in [0.29, 0.717) is 35.9 Å². The SMILES string of the molecule is Fc1cnc(N2CCN(c3n[nH]c4c(F)ccc(Cl)c34)C3(CC3)C2)c(F)c1. The van der Waals surface area contributed by atoms with Gasteiger partial charge in [0.25, 0.3) is 0 Å². The molecule has 0 amide bonds. The summed E-state index contributed by atoms with van der Waals surface area (Å²) in [6.07, 6.45) is 2.81. The van der Waals surface area contributed by atoms with E-state index in [4.69, 9.17) is 11.6 Å². The van der Waals surface area contributed by atoms with Crippen molar-refractivity contribution in [3.8, 4) is 0 Å². The Morgan fingerprint density at radius 3 is 2.63 bits per heavy atom. The molecule has 5 rings (SSSR count).